The van der Waals surface area contributed by atoms with Crippen LogP contribution in [0.15, 0.2) is 18.2 Å². The van der Waals surface area contributed by atoms with Gasteiger partial charge < -0.3 is 4.90 Å². The number of halogens is 2. The molecule has 1 heterocycles. The van der Waals surface area contributed by atoms with E-state index < -0.39 is 0 Å². The van der Waals surface area contributed by atoms with Crippen molar-refractivity contribution >= 4 is 40.3 Å². The molecule has 1 aliphatic heterocycles. The Morgan fingerprint density at radius 2 is 2.00 bits per heavy atom. The Morgan fingerprint density at radius 1 is 1.31 bits per heavy atom. The SMILES string of the molecule is O=C(c1cc(F)cc(I)c1)N1CCSCC1. The summed E-state index contributed by atoms with van der Waals surface area (Å²) < 4.78 is 13.9. The second-order valence-electron chi connectivity index (χ2n) is 3.56. The first-order valence-electron chi connectivity index (χ1n) is 5.00. The largest absolute Gasteiger partial charge is 0.337 e. The van der Waals surface area contributed by atoms with Gasteiger partial charge in [0.2, 0.25) is 0 Å². The van der Waals surface area contributed by atoms with Gasteiger partial charge in [-0.15, -0.1) is 0 Å². The fourth-order valence-corrected chi connectivity index (χ4v) is 3.16. The number of thioether (sulfide) groups is 1. The van der Waals surface area contributed by atoms with E-state index in [1.54, 1.807) is 11.0 Å². The average molecular weight is 351 g/mol. The van der Waals surface area contributed by atoms with E-state index in [4.69, 9.17) is 0 Å². The Labute approximate surface area is 112 Å². The molecule has 0 bridgehead atoms. The van der Waals surface area contributed by atoms with E-state index in [2.05, 4.69) is 0 Å². The van der Waals surface area contributed by atoms with Crippen molar-refractivity contribution in [2.24, 2.45) is 0 Å². The molecule has 1 fully saturated rings. The van der Waals surface area contributed by atoms with Gasteiger partial charge in [0, 0.05) is 33.7 Å². The number of carbonyl (C=O) groups is 1. The van der Waals surface area contributed by atoms with E-state index in [9.17, 15) is 9.18 Å². The first-order chi connectivity index (χ1) is 7.66. The number of rotatable bonds is 1. The zero-order valence-corrected chi connectivity index (χ0v) is 11.6. The van der Waals surface area contributed by atoms with Crippen molar-refractivity contribution in [3.8, 4) is 0 Å². The second kappa shape index (κ2) is 5.35. The first-order valence-corrected chi connectivity index (χ1v) is 7.23. The maximum atomic E-state index is 13.2. The van der Waals surface area contributed by atoms with Gasteiger partial charge in [-0.1, -0.05) is 0 Å². The molecule has 1 amide bonds. The van der Waals surface area contributed by atoms with Crippen LogP contribution in [0.3, 0.4) is 0 Å². The fraction of sp³-hybridized carbons (Fsp3) is 0.364. The summed E-state index contributed by atoms with van der Waals surface area (Å²) in [7, 11) is 0. The zero-order chi connectivity index (χ0) is 11.5. The number of benzene rings is 1. The van der Waals surface area contributed by atoms with Crippen LogP contribution in [0.2, 0.25) is 0 Å². The molecule has 86 valence electrons. The van der Waals surface area contributed by atoms with Crippen LogP contribution in [0.5, 0.6) is 0 Å². The topological polar surface area (TPSA) is 20.3 Å². The predicted molar refractivity (Wildman–Crippen MR) is 72.3 cm³/mol. The van der Waals surface area contributed by atoms with Gasteiger partial charge in [0.1, 0.15) is 5.82 Å². The Bertz CT molecular complexity index is 387. The lowest BCUT2D eigenvalue weighted by Gasteiger charge is -2.26. The van der Waals surface area contributed by atoms with Crippen molar-refractivity contribution in [2.45, 2.75) is 0 Å². The highest BCUT2D eigenvalue weighted by Gasteiger charge is 2.19. The summed E-state index contributed by atoms with van der Waals surface area (Å²) in [6.07, 6.45) is 0. The Hall–Kier alpha value is -0.300. The Morgan fingerprint density at radius 3 is 2.62 bits per heavy atom. The van der Waals surface area contributed by atoms with Crippen LogP contribution in [0.25, 0.3) is 0 Å². The average Bonchev–Trinajstić information content (AvgIpc) is 2.28. The first kappa shape index (κ1) is 12.2. The van der Waals surface area contributed by atoms with Gasteiger partial charge in [-0.3, -0.25) is 4.79 Å². The molecular formula is C11H11FINOS. The molecule has 16 heavy (non-hydrogen) atoms. The maximum Gasteiger partial charge on any atom is 0.254 e. The second-order valence-corrected chi connectivity index (χ2v) is 6.03. The third-order valence-electron chi connectivity index (χ3n) is 2.41. The van der Waals surface area contributed by atoms with Crippen LogP contribution < -0.4 is 0 Å². The summed E-state index contributed by atoms with van der Waals surface area (Å²) in [5.74, 6) is 1.54. The molecule has 0 spiro atoms. The number of carbonyl (C=O) groups excluding carboxylic acids is 1. The molecule has 0 aromatic heterocycles. The smallest absolute Gasteiger partial charge is 0.254 e. The van der Waals surface area contributed by atoms with Crippen molar-refractivity contribution in [3.63, 3.8) is 0 Å². The van der Waals surface area contributed by atoms with Crippen molar-refractivity contribution in [1.82, 2.24) is 4.90 Å². The highest BCUT2D eigenvalue weighted by molar-refractivity contribution is 14.1. The number of hydrogen-bond acceptors (Lipinski definition) is 2. The van der Waals surface area contributed by atoms with Crippen molar-refractivity contribution in [3.05, 3.63) is 33.1 Å². The normalized spacial score (nSPS) is 16.2. The lowest BCUT2D eigenvalue weighted by atomic mass is 10.2. The minimum atomic E-state index is -0.346. The molecule has 0 N–H and O–H groups in total. The van der Waals surface area contributed by atoms with Gasteiger partial charge in [-0.25, -0.2) is 4.39 Å². The van der Waals surface area contributed by atoms with Crippen molar-refractivity contribution in [1.29, 1.82) is 0 Å². The molecule has 2 nitrogen and oxygen atoms in total. The molecule has 5 heteroatoms. The predicted octanol–water partition coefficient (Wildman–Crippen LogP) is 2.62. The summed E-state index contributed by atoms with van der Waals surface area (Å²) >= 11 is 3.87. The number of hydrogen-bond donors (Lipinski definition) is 0. The molecule has 0 radical (unpaired) electrons. The van der Waals surface area contributed by atoms with Gasteiger partial charge in [-0.2, -0.15) is 11.8 Å². The fourth-order valence-electron chi connectivity index (χ4n) is 1.63. The van der Waals surface area contributed by atoms with E-state index in [1.807, 2.05) is 34.4 Å². The van der Waals surface area contributed by atoms with E-state index >= 15 is 0 Å². The summed E-state index contributed by atoms with van der Waals surface area (Å²) in [6.45, 7) is 1.52. The lowest BCUT2D eigenvalue weighted by Crippen LogP contribution is -2.37. The van der Waals surface area contributed by atoms with Gasteiger partial charge in [0.05, 0.1) is 0 Å². The zero-order valence-electron chi connectivity index (χ0n) is 8.58. The molecule has 0 aliphatic carbocycles. The standard InChI is InChI=1S/C11H11FINOS/c12-9-5-8(6-10(13)7-9)11(15)14-1-3-16-4-2-14/h5-7H,1-4H2. The molecule has 1 aromatic carbocycles. The molecule has 2 rings (SSSR count). The Kier molecular flexibility index (Phi) is 4.07. The van der Waals surface area contributed by atoms with Crippen LogP contribution in [0.4, 0.5) is 4.39 Å². The van der Waals surface area contributed by atoms with Crippen LogP contribution in [-0.2, 0) is 0 Å². The van der Waals surface area contributed by atoms with Crippen molar-refractivity contribution in [2.75, 3.05) is 24.6 Å². The molecule has 1 aliphatic rings. The maximum absolute atomic E-state index is 13.2. The quantitative estimate of drug-likeness (QED) is 0.725. The van der Waals surface area contributed by atoms with Crippen LogP contribution >= 0.6 is 34.4 Å². The number of amides is 1. The minimum Gasteiger partial charge on any atom is -0.337 e. The molecule has 0 atom stereocenters. The van der Waals surface area contributed by atoms with Gasteiger partial charge in [-0.05, 0) is 40.8 Å². The van der Waals surface area contributed by atoms with Gasteiger partial charge in [0.15, 0.2) is 0 Å². The van der Waals surface area contributed by atoms with Crippen LogP contribution in [-0.4, -0.2) is 35.4 Å². The number of nitrogens with zero attached hydrogens (tertiary/aromatic N) is 1. The molecule has 1 aromatic rings. The van der Waals surface area contributed by atoms with Crippen LogP contribution in [0.1, 0.15) is 10.4 Å². The molecule has 0 unspecified atom stereocenters. The molecular weight excluding hydrogens is 340 g/mol. The highest BCUT2D eigenvalue weighted by Crippen LogP contribution is 2.16. The summed E-state index contributed by atoms with van der Waals surface area (Å²) in [5, 5.41) is 0. The monoisotopic (exact) mass is 351 g/mol. The van der Waals surface area contributed by atoms with E-state index in [0.29, 0.717) is 5.56 Å². The van der Waals surface area contributed by atoms with E-state index in [0.717, 1.165) is 28.2 Å². The third kappa shape index (κ3) is 2.88. The van der Waals surface area contributed by atoms with Crippen LogP contribution in [0, 0.1) is 9.39 Å². The van der Waals surface area contributed by atoms with E-state index in [1.165, 1.54) is 12.1 Å². The third-order valence-corrected chi connectivity index (χ3v) is 3.97. The van der Waals surface area contributed by atoms with Gasteiger partial charge in [0.25, 0.3) is 5.91 Å². The van der Waals surface area contributed by atoms with Gasteiger partial charge >= 0.3 is 0 Å². The molecule has 1 saturated heterocycles. The highest BCUT2D eigenvalue weighted by atomic mass is 127. The summed E-state index contributed by atoms with van der Waals surface area (Å²) in [5.41, 5.74) is 0.455. The van der Waals surface area contributed by atoms with E-state index in [-0.39, 0.29) is 11.7 Å². The lowest BCUT2D eigenvalue weighted by molar-refractivity contribution is 0.0771. The minimum absolute atomic E-state index is 0.0577. The summed E-state index contributed by atoms with van der Waals surface area (Å²) in [6, 6.07) is 4.46. The molecule has 0 saturated carbocycles. The van der Waals surface area contributed by atoms with Crippen molar-refractivity contribution < 1.29 is 9.18 Å². The Balaban J connectivity index is 2.19. The summed E-state index contributed by atoms with van der Waals surface area (Å²) in [4.78, 5) is 13.8.